The van der Waals surface area contributed by atoms with E-state index in [4.69, 9.17) is 25.9 Å². The van der Waals surface area contributed by atoms with Crippen LogP contribution < -0.4 is 27.1 Å². The normalized spacial score (nSPS) is 20.7. The molecule has 2 amide bonds. The Morgan fingerprint density at radius 1 is 0.983 bits per heavy atom. The minimum absolute atomic E-state index is 0.175. The summed E-state index contributed by atoms with van der Waals surface area (Å²) in [7, 11) is 3.90. The van der Waals surface area contributed by atoms with Crippen molar-refractivity contribution in [2.24, 2.45) is 17.4 Å². The molecule has 0 spiro atoms. The molecule has 0 radical (unpaired) electrons. The molecule has 5 aliphatic rings. The number of piperidine rings is 1. The van der Waals surface area contributed by atoms with E-state index in [1.807, 2.05) is 31.1 Å². The molecular formula is C43H55N9O7. The molecule has 2 aromatic heterocycles. The van der Waals surface area contributed by atoms with Gasteiger partial charge in [-0.2, -0.15) is 0 Å². The Morgan fingerprint density at radius 2 is 1.73 bits per heavy atom. The zero-order chi connectivity index (χ0) is 41.4. The number of pyridine rings is 2. The monoisotopic (exact) mass is 809 g/mol. The van der Waals surface area contributed by atoms with E-state index in [1.165, 1.54) is 6.42 Å². The van der Waals surface area contributed by atoms with Gasteiger partial charge in [0.1, 0.15) is 12.4 Å². The van der Waals surface area contributed by atoms with Gasteiger partial charge in [-0.1, -0.05) is 19.3 Å². The fraction of sp³-hybridized carbons (Fsp3) is 0.512. The number of hydrogen-bond donors (Lipinski definition) is 4. The highest BCUT2D eigenvalue weighted by atomic mass is 16.6. The molecule has 2 saturated heterocycles. The van der Waals surface area contributed by atoms with Crippen LogP contribution in [0.25, 0.3) is 22.3 Å². The SMILES string of the molecule is CN(C)Cc1c(OC(=O)N2CCN(CC3CCN(/C(N)=C/C=C(\N)C(=O)NC4CCCCC4)CC3)CC2)ccc2nc3c(cc12)Cn1c-3cc2c(c1=O)COC(=O)C2O. The van der Waals surface area contributed by atoms with Crippen LogP contribution in [0.5, 0.6) is 5.75 Å². The van der Waals surface area contributed by atoms with E-state index < -0.39 is 18.2 Å². The van der Waals surface area contributed by atoms with Crippen LogP contribution in [0.2, 0.25) is 0 Å². The first-order valence-electron chi connectivity index (χ1n) is 20.8. The van der Waals surface area contributed by atoms with E-state index in [0.29, 0.717) is 54.0 Å². The fourth-order valence-corrected chi connectivity index (χ4v) is 9.10. The average molecular weight is 810 g/mol. The number of likely N-dealkylation sites (tertiary alicyclic amines) is 1. The van der Waals surface area contributed by atoms with Gasteiger partial charge in [-0.05, 0) is 82.1 Å². The maximum Gasteiger partial charge on any atom is 0.415 e. The third-order valence-electron chi connectivity index (χ3n) is 12.5. The quantitative estimate of drug-likeness (QED) is 0.109. The third-order valence-corrected chi connectivity index (χ3v) is 12.5. The number of carbonyl (C=O) groups excluding carboxylic acids is 3. The van der Waals surface area contributed by atoms with Gasteiger partial charge in [0.05, 0.1) is 40.5 Å². The standard InChI is InChI=1S/C43H55N9O7/c1-48(2)24-31-29-20-27-23-52-35(21-30-32(41(52)55)25-58-42(56)39(30)53)38(27)47-34(29)9-10-36(31)59-43(57)51-18-16-49(17-19-51)22-26-12-14-50(15-13-26)37(45)11-8-33(44)40(54)46-28-6-4-3-5-7-28/h8-11,20-21,26,28,39,53H,3-7,12-19,22-25,44-45H2,1-2H3,(H,46,54)/b33-8-,37-11+. The number of cyclic esters (lactones) is 1. The molecule has 314 valence electrons. The number of carbonyl (C=O) groups is 3. The summed E-state index contributed by atoms with van der Waals surface area (Å²) in [6.45, 7) is 5.82. The van der Waals surface area contributed by atoms with Crippen LogP contribution in [0.1, 0.15) is 73.3 Å². The van der Waals surface area contributed by atoms with Crippen molar-refractivity contribution >= 4 is 28.9 Å². The molecular weight excluding hydrogens is 755 g/mol. The molecule has 59 heavy (non-hydrogen) atoms. The van der Waals surface area contributed by atoms with Crippen molar-refractivity contribution < 1.29 is 29.0 Å². The van der Waals surface area contributed by atoms with Gasteiger partial charge in [-0.15, -0.1) is 0 Å². The number of nitrogens with two attached hydrogens (primary N) is 2. The van der Waals surface area contributed by atoms with Crippen LogP contribution >= 0.6 is 0 Å². The fourth-order valence-electron chi connectivity index (χ4n) is 9.10. The first-order chi connectivity index (χ1) is 28.4. The summed E-state index contributed by atoms with van der Waals surface area (Å²) in [5.41, 5.74) is 16.3. The van der Waals surface area contributed by atoms with E-state index in [9.17, 15) is 24.3 Å². The highest BCUT2D eigenvalue weighted by Crippen LogP contribution is 2.38. The summed E-state index contributed by atoms with van der Waals surface area (Å²) in [6.07, 6.45) is 8.94. The van der Waals surface area contributed by atoms with E-state index >= 15 is 0 Å². The molecule has 3 aromatic rings. The Bertz CT molecular complexity index is 2250. The van der Waals surface area contributed by atoms with Crippen LogP contribution in [0, 0.1) is 5.92 Å². The summed E-state index contributed by atoms with van der Waals surface area (Å²) in [4.78, 5) is 64.9. The number of benzene rings is 1. The molecule has 16 nitrogen and oxygen atoms in total. The Kier molecular flexibility index (Phi) is 11.6. The van der Waals surface area contributed by atoms with Crippen molar-refractivity contribution in [2.75, 3.05) is 59.9 Å². The predicted octanol–water partition coefficient (Wildman–Crippen LogP) is 2.50. The number of rotatable bonds is 9. The number of aliphatic hydroxyl groups is 1. The lowest BCUT2D eigenvalue weighted by Crippen LogP contribution is -2.51. The van der Waals surface area contributed by atoms with Gasteiger partial charge < -0.3 is 50.6 Å². The molecule has 8 rings (SSSR count). The number of ether oxygens (including phenoxy) is 2. The second-order valence-corrected chi connectivity index (χ2v) is 16.8. The highest BCUT2D eigenvalue weighted by molar-refractivity contribution is 5.93. The number of piperazine rings is 1. The molecule has 16 heteroatoms. The number of nitrogens with zero attached hydrogens (tertiary/aromatic N) is 6. The van der Waals surface area contributed by atoms with Crippen molar-refractivity contribution in [1.29, 1.82) is 0 Å². The number of esters is 1. The lowest BCUT2D eigenvalue weighted by Gasteiger charge is -2.39. The van der Waals surface area contributed by atoms with Crippen molar-refractivity contribution in [3.8, 4) is 17.1 Å². The predicted molar refractivity (Wildman–Crippen MR) is 221 cm³/mol. The minimum Gasteiger partial charge on any atom is -0.458 e. The third kappa shape index (κ3) is 8.52. The Labute approximate surface area is 343 Å². The van der Waals surface area contributed by atoms with Crippen LogP contribution in [-0.4, -0.2) is 118 Å². The van der Waals surface area contributed by atoms with E-state index in [0.717, 1.165) is 87.8 Å². The van der Waals surface area contributed by atoms with Gasteiger partial charge in [-0.25, -0.2) is 14.6 Å². The first-order valence-corrected chi connectivity index (χ1v) is 20.8. The number of fused-ring (bicyclic) bond motifs is 5. The smallest absolute Gasteiger partial charge is 0.415 e. The van der Waals surface area contributed by atoms with E-state index in [-0.39, 0.29) is 47.5 Å². The van der Waals surface area contributed by atoms with Gasteiger partial charge >= 0.3 is 12.1 Å². The number of allylic oxidation sites excluding steroid dienone is 2. The van der Waals surface area contributed by atoms with Crippen LogP contribution in [0.4, 0.5) is 4.79 Å². The Morgan fingerprint density at radius 3 is 2.46 bits per heavy atom. The Hall–Kier alpha value is -5.45. The molecule has 1 aromatic carbocycles. The first kappa shape index (κ1) is 40.3. The van der Waals surface area contributed by atoms with Crippen molar-refractivity contribution in [3.05, 3.63) is 80.5 Å². The van der Waals surface area contributed by atoms with Crippen molar-refractivity contribution in [1.82, 2.24) is 34.5 Å². The minimum atomic E-state index is -1.52. The van der Waals surface area contributed by atoms with E-state index in [2.05, 4.69) is 15.1 Å². The zero-order valence-electron chi connectivity index (χ0n) is 34.0. The van der Waals surface area contributed by atoms with Crippen LogP contribution in [0.3, 0.4) is 0 Å². The average Bonchev–Trinajstić information content (AvgIpc) is 3.60. The maximum atomic E-state index is 13.6. The molecule has 6 heterocycles. The second-order valence-electron chi connectivity index (χ2n) is 16.8. The topological polar surface area (TPSA) is 202 Å². The molecule has 1 unspecified atom stereocenters. The summed E-state index contributed by atoms with van der Waals surface area (Å²) in [5.74, 6) is 0.581. The van der Waals surface area contributed by atoms with Gasteiger partial charge in [0.2, 0.25) is 0 Å². The van der Waals surface area contributed by atoms with Crippen LogP contribution in [0.15, 0.2) is 52.7 Å². The number of hydrogen-bond acceptors (Lipinski definition) is 13. The van der Waals surface area contributed by atoms with Crippen molar-refractivity contribution in [3.63, 3.8) is 0 Å². The van der Waals surface area contributed by atoms with Gasteiger partial charge in [-0.3, -0.25) is 14.5 Å². The van der Waals surface area contributed by atoms with E-state index in [1.54, 1.807) is 33.8 Å². The second kappa shape index (κ2) is 17.0. The molecule has 1 atom stereocenters. The molecule has 3 fully saturated rings. The van der Waals surface area contributed by atoms with Gasteiger partial charge in [0.15, 0.2) is 6.10 Å². The lowest BCUT2D eigenvalue weighted by molar-refractivity contribution is -0.157. The summed E-state index contributed by atoms with van der Waals surface area (Å²) >= 11 is 0. The maximum absolute atomic E-state index is 13.6. The molecule has 1 saturated carbocycles. The summed E-state index contributed by atoms with van der Waals surface area (Å²) in [6, 6.07) is 7.46. The molecule has 4 aliphatic heterocycles. The lowest BCUT2D eigenvalue weighted by atomic mass is 9.95. The van der Waals surface area contributed by atoms with Crippen LogP contribution in [-0.2, 0) is 34.0 Å². The number of aromatic nitrogens is 2. The number of amides is 2. The molecule has 6 N–H and O–H groups in total. The largest absolute Gasteiger partial charge is 0.458 e. The number of aliphatic hydroxyl groups excluding tert-OH is 1. The summed E-state index contributed by atoms with van der Waals surface area (Å²) in [5, 5.41) is 14.3. The van der Waals surface area contributed by atoms with Gasteiger partial charge in [0, 0.05) is 80.5 Å². The summed E-state index contributed by atoms with van der Waals surface area (Å²) < 4.78 is 12.7. The van der Waals surface area contributed by atoms with Gasteiger partial charge in [0.25, 0.3) is 11.5 Å². The molecule has 1 aliphatic carbocycles. The number of nitrogens with one attached hydrogen (secondary N) is 1. The Balaban J connectivity index is 0.859. The van der Waals surface area contributed by atoms with Crippen molar-refractivity contribution in [2.45, 2.75) is 76.8 Å². The molecule has 0 bridgehead atoms. The highest BCUT2D eigenvalue weighted by Gasteiger charge is 2.34. The zero-order valence-corrected chi connectivity index (χ0v) is 34.0.